The van der Waals surface area contributed by atoms with Crippen LogP contribution in [0.25, 0.3) is 0 Å². The molecule has 148 valence electrons. The molecule has 0 radical (unpaired) electrons. The van der Waals surface area contributed by atoms with Gasteiger partial charge in [-0.3, -0.25) is 9.69 Å². The fourth-order valence-electron chi connectivity index (χ4n) is 4.07. The maximum Gasteiger partial charge on any atom is 0.261 e. The van der Waals surface area contributed by atoms with Gasteiger partial charge in [0.05, 0.1) is 24.6 Å². The Morgan fingerprint density at radius 1 is 1.11 bits per heavy atom. The van der Waals surface area contributed by atoms with E-state index in [9.17, 15) is 9.90 Å². The number of carbonyl (C=O) groups is 1. The second kappa shape index (κ2) is 7.36. The van der Waals surface area contributed by atoms with E-state index in [2.05, 4.69) is 0 Å². The third-order valence-electron chi connectivity index (χ3n) is 5.53. The average molecular weight is 382 g/mol. The van der Waals surface area contributed by atoms with Gasteiger partial charge < -0.3 is 19.5 Å². The summed E-state index contributed by atoms with van der Waals surface area (Å²) in [6.45, 7) is 0. The summed E-state index contributed by atoms with van der Waals surface area (Å²) in [5, 5.41) is 10.9. The summed E-state index contributed by atoms with van der Waals surface area (Å²) in [4.78, 5) is 16.4. The fraction of sp³-hybridized carbons (Fsp3) is 0.409. The minimum atomic E-state index is -1.03. The predicted molar refractivity (Wildman–Crippen MR) is 108 cm³/mol. The van der Waals surface area contributed by atoms with Gasteiger partial charge in [0.2, 0.25) is 0 Å². The van der Waals surface area contributed by atoms with E-state index < -0.39 is 6.23 Å². The molecule has 1 N–H and O–H groups in total. The van der Waals surface area contributed by atoms with Crippen LogP contribution in [0.4, 0.5) is 11.4 Å². The first kappa shape index (κ1) is 18.6. The minimum Gasteiger partial charge on any atom is -0.493 e. The first-order chi connectivity index (χ1) is 13.5. The number of fused-ring (bicyclic) bond motifs is 1. The fourth-order valence-corrected chi connectivity index (χ4v) is 4.07. The molecule has 2 aliphatic rings. The van der Waals surface area contributed by atoms with E-state index in [4.69, 9.17) is 9.47 Å². The predicted octanol–water partition coefficient (Wildman–Crippen LogP) is 3.73. The van der Waals surface area contributed by atoms with Crippen molar-refractivity contribution in [3.05, 3.63) is 47.5 Å². The van der Waals surface area contributed by atoms with E-state index in [0.29, 0.717) is 28.3 Å². The lowest BCUT2D eigenvalue weighted by Crippen LogP contribution is -2.29. The molecule has 2 aromatic carbocycles. The monoisotopic (exact) mass is 382 g/mol. The number of rotatable bonds is 5. The van der Waals surface area contributed by atoms with Crippen molar-refractivity contribution >= 4 is 17.3 Å². The molecule has 1 fully saturated rings. The Labute approximate surface area is 165 Å². The van der Waals surface area contributed by atoms with Gasteiger partial charge in [-0.1, -0.05) is 18.2 Å². The number of nitrogens with zero attached hydrogens (tertiary/aromatic N) is 2. The maximum absolute atomic E-state index is 13.1. The van der Waals surface area contributed by atoms with Crippen molar-refractivity contribution in [1.82, 2.24) is 0 Å². The van der Waals surface area contributed by atoms with Crippen molar-refractivity contribution in [2.45, 2.75) is 38.0 Å². The van der Waals surface area contributed by atoms with Crippen LogP contribution in [0, 0.1) is 0 Å². The molecule has 1 aliphatic heterocycles. The third-order valence-corrected chi connectivity index (χ3v) is 5.53. The van der Waals surface area contributed by atoms with E-state index in [1.807, 2.05) is 43.3 Å². The Balaban J connectivity index is 1.80. The summed E-state index contributed by atoms with van der Waals surface area (Å²) in [6, 6.07) is 10.8. The zero-order valence-corrected chi connectivity index (χ0v) is 16.5. The molecule has 1 saturated carbocycles. The normalized spacial score (nSPS) is 19.1. The molecule has 6 nitrogen and oxygen atoms in total. The standard InChI is InChI=1S/C22H26N2O4/c1-23(2)17-12-19(27-3)20(28-14-8-4-5-9-14)13-18(17)24-21(25)15-10-6-7-11-16(15)22(24)26/h6-7,10-14,21,25H,4-5,8-9H2,1-3H3. The highest BCUT2D eigenvalue weighted by atomic mass is 16.5. The quantitative estimate of drug-likeness (QED) is 0.854. The molecular weight excluding hydrogens is 356 g/mol. The number of aliphatic hydroxyl groups excluding tert-OH is 1. The zero-order chi connectivity index (χ0) is 19.8. The summed E-state index contributed by atoms with van der Waals surface area (Å²) in [5.41, 5.74) is 2.52. The highest BCUT2D eigenvalue weighted by Gasteiger charge is 2.38. The van der Waals surface area contributed by atoms with E-state index in [0.717, 1.165) is 31.4 Å². The number of carbonyl (C=O) groups excluding carboxylic acids is 1. The van der Waals surface area contributed by atoms with Gasteiger partial charge in [0, 0.05) is 37.4 Å². The van der Waals surface area contributed by atoms with E-state index in [-0.39, 0.29) is 12.0 Å². The van der Waals surface area contributed by atoms with Crippen LogP contribution >= 0.6 is 0 Å². The van der Waals surface area contributed by atoms with Crippen LogP contribution in [0.5, 0.6) is 11.5 Å². The molecule has 6 heteroatoms. The topological polar surface area (TPSA) is 62.2 Å². The lowest BCUT2D eigenvalue weighted by molar-refractivity contribution is 0.0935. The van der Waals surface area contributed by atoms with Crippen molar-refractivity contribution in [2.75, 3.05) is 31.0 Å². The molecule has 0 saturated heterocycles. The number of anilines is 2. The zero-order valence-electron chi connectivity index (χ0n) is 16.5. The van der Waals surface area contributed by atoms with Crippen molar-refractivity contribution < 1.29 is 19.4 Å². The van der Waals surface area contributed by atoms with Crippen molar-refractivity contribution in [3.63, 3.8) is 0 Å². The Kier molecular flexibility index (Phi) is 4.89. The van der Waals surface area contributed by atoms with Gasteiger partial charge in [-0.25, -0.2) is 0 Å². The molecule has 4 rings (SSSR count). The number of methoxy groups -OCH3 is 1. The van der Waals surface area contributed by atoms with E-state index in [1.165, 1.54) is 4.90 Å². The number of benzene rings is 2. The first-order valence-corrected chi connectivity index (χ1v) is 9.68. The largest absolute Gasteiger partial charge is 0.493 e. The number of ether oxygens (including phenoxy) is 2. The summed E-state index contributed by atoms with van der Waals surface area (Å²) in [7, 11) is 5.41. The highest BCUT2D eigenvalue weighted by Crippen LogP contribution is 2.45. The molecular formula is C22H26N2O4. The minimum absolute atomic E-state index is 0.156. The van der Waals surface area contributed by atoms with Crippen LogP contribution in [0.3, 0.4) is 0 Å². The van der Waals surface area contributed by atoms with E-state index in [1.54, 1.807) is 19.2 Å². The first-order valence-electron chi connectivity index (χ1n) is 9.68. The second-order valence-corrected chi connectivity index (χ2v) is 7.55. The van der Waals surface area contributed by atoms with Crippen molar-refractivity contribution in [2.24, 2.45) is 0 Å². The summed E-state index contributed by atoms with van der Waals surface area (Å²) >= 11 is 0. The van der Waals surface area contributed by atoms with Crippen LogP contribution < -0.4 is 19.3 Å². The molecule has 1 amide bonds. The Hall–Kier alpha value is -2.73. The molecule has 0 aromatic heterocycles. The van der Waals surface area contributed by atoms with Crippen molar-refractivity contribution in [3.8, 4) is 11.5 Å². The SMILES string of the molecule is COc1cc(N(C)C)c(N2C(=O)c3ccccc3C2O)cc1OC1CCCC1. The molecule has 1 atom stereocenters. The molecule has 0 spiro atoms. The molecule has 2 aromatic rings. The van der Waals surface area contributed by atoms with Gasteiger partial charge in [-0.2, -0.15) is 0 Å². The van der Waals surface area contributed by atoms with Crippen LogP contribution in [0.2, 0.25) is 0 Å². The van der Waals surface area contributed by atoms with Gasteiger partial charge in [-0.15, -0.1) is 0 Å². The van der Waals surface area contributed by atoms with Gasteiger partial charge in [0.1, 0.15) is 0 Å². The molecule has 0 bridgehead atoms. The molecule has 1 aliphatic carbocycles. The van der Waals surface area contributed by atoms with Gasteiger partial charge >= 0.3 is 0 Å². The molecule has 1 heterocycles. The van der Waals surface area contributed by atoms with E-state index >= 15 is 0 Å². The highest BCUT2D eigenvalue weighted by molar-refractivity contribution is 6.12. The smallest absolute Gasteiger partial charge is 0.261 e. The Morgan fingerprint density at radius 3 is 2.46 bits per heavy atom. The third kappa shape index (κ3) is 3.07. The number of amides is 1. The van der Waals surface area contributed by atoms with Crippen LogP contribution in [0.1, 0.15) is 47.8 Å². The maximum atomic E-state index is 13.1. The van der Waals surface area contributed by atoms with Gasteiger partial charge in [-0.05, 0) is 31.7 Å². The summed E-state index contributed by atoms with van der Waals surface area (Å²) < 4.78 is 11.8. The Bertz CT molecular complexity index is 890. The van der Waals surface area contributed by atoms with Gasteiger partial charge in [0.15, 0.2) is 17.7 Å². The molecule has 28 heavy (non-hydrogen) atoms. The van der Waals surface area contributed by atoms with Crippen molar-refractivity contribution in [1.29, 1.82) is 0 Å². The lowest BCUT2D eigenvalue weighted by atomic mass is 10.1. The average Bonchev–Trinajstić information content (AvgIpc) is 3.29. The molecule has 1 unspecified atom stereocenters. The number of aliphatic hydroxyl groups is 1. The Morgan fingerprint density at radius 2 is 1.82 bits per heavy atom. The summed E-state index contributed by atoms with van der Waals surface area (Å²) in [5.74, 6) is 1.01. The number of hydrogen-bond acceptors (Lipinski definition) is 5. The van der Waals surface area contributed by atoms with Crippen LogP contribution in [-0.2, 0) is 0 Å². The van der Waals surface area contributed by atoms with Crippen LogP contribution in [-0.4, -0.2) is 38.3 Å². The summed E-state index contributed by atoms with van der Waals surface area (Å²) in [6.07, 6.45) is 3.48. The van der Waals surface area contributed by atoms with Crippen LogP contribution in [0.15, 0.2) is 36.4 Å². The number of hydrogen-bond donors (Lipinski definition) is 1. The second-order valence-electron chi connectivity index (χ2n) is 7.55. The van der Waals surface area contributed by atoms with Gasteiger partial charge in [0.25, 0.3) is 5.91 Å². The lowest BCUT2D eigenvalue weighted by Gasteiger charge is -2.28.